The largest absolute Gasteiger partial charge is 0.496 e. The molecule has 1 aliphatic heterocycles. The first-order valence-electron chi connectivity index (χ1n) is 9.88. The van der Waals surface area contributed by atoms with Crippen LogP contribution in [0.2, 0.25) is 0 Å². The lowest BCUT2D eigenvalue weighted by Crippen LogP contribution is -2.61. The molecule has 8 heteroatoms. The summed E-state index contributed by atoms with van der Waals surface area (Å²) in [5.41, 5.74) is -1.16. The molecule has 0 aromatic heterocycles. The summed E-state index contributed by atoms with van der Waals surface area (Å²) in [5.74, 6) is -0.347. The van der Waals surface area contributed by atoms with Gasteiger partial charge in [0, 0.05) is 17.4 Å². The summed E-state index contributed by atoms with van der Waals surface area (Å²) in [6.45, 7) is 1.63. The number of thioether (sulfide) groups is 1. The molecule has 1 saturated heterocycles. The van der Waals surface area contributed by atoms with Crippen molar-refractivity contribution < 1.29 is 22.7 Å². The van der Waals surface area contributed by atoms with Crippen LogP contribution in [-0.4, -0.2) is 49.8 Å². The fourth-order valence-electron chi connectivity index (χ4n) is 4.38. The lowest BCUT2D eigenvalue weighted by atomic mass is 9.74. The summed E-state index contributed by atoms with van der Waals surface area (Å²) >= 11 is 1.10. The monoisotopic (exact) mass is 440 g/mol. The second-order valence-corrected chi connectivity index (χ2v) is 8.71. The highest BCUT2D eigenvalue weighted by molar-refractivity contribution is 7.98. The Balaban J connectivity index is 2.00. The van der Waals surface area contributed by atoms with E-state index in [1.54, 1.807) is 6.26 Å². The van der Waals surface area contributed by atoms with Crippen LogP contribution in [0.3, 0.4) is 0 Å². The number of halogens is 3. The lowest BCUT2D eigenvalue weighted by Gasteiger charge is -2.46. The summed E-state index contributed by atoms with van der Waals surface area (Å²) in [4.78, 5) is 15.9. The van der Waals surface area contributed by atoms with Crippen LogP contribution in [0.5, 0.6) is 5.75 Å². The fourth-order valence-corrected chi connectivity index (χ4v) is 5.02. The van der Waals surface area contributed by atoms with E-state index in [0.29, 0.717) is 6.54 Å². The third kappa shape index (κ3) is 4.70. The zero-order valence-electron chi connectivity index (χ0n) is 17.4. The summed E-state index contributed by atoms with van der Waals surface area (Å²) < 4.78 is 45.1. The Morgan fingerprint density at radius 2 is 2.10 bits per heavy atom. The molecular weight excluding hydrogens is 413 g/mol. The normalized spacial score (nSPS) is 24.7. The highest BCUT2D eigenvalue weighted by Gasteiger charge is 2.42. The van der Waals surface area contributed by atoms with Gasteiger partial charge in [-0.3, -0.25) is 4.79 Å². The van der Waals surface area contributed by atoms with E-state index < -0.39 is 23.2 Å². The zero-order chi connectivity index (χ0) is 21.9. The van der Waals surface area contributed by atoms with Gasteiger partial charge in [-0.2, -0.15) is 13.2 Å². The van der Waals surface area contributed by atoms with Gasteiger partial charge in [0.2, 0.25) is 0 Å². The molecule has 2 unspecified atom stereocenters. The molecule has 2 aliphatic rings. The van der Waals surface area contributed by atoms with Crippen LogP contribution < -0.4 is 10.1 Å². The Morgan fingerprint density at radius 1 is 1.33 bits per heavy atom. The number of likely N-dealkylation sites (N-methyl/N-ethyl adjacent to an activating group) is 1. The quantitative estimate of drug-likeness (QED) is 0.671. The van der Waals surface area contributed by atoms with Crippen molar-refractivity contribution in [1.29, 1.82) is 0 Å². The number of allylic oxidation sites excluding steroid dienone is 3. The number of alkyl halides is 3. The number of piperidine rings is 1. The number of nitrogens with zero attached hydrogens (tertiary/aromatic N) is 1. The van der Waals surface area contributed by atoms with E-state index in [2.05, 4.69) is 22.4 Å². The molecule has 2 atom stereocenters. The highest BCUT2D eigenvalue weighted by Crippen LogP contribution is 2.39. The van der Waals surface area contributed by atoms with Crippen LogP contribution in [0.4, 0.5) is 13.2 Å². The van der Waals surface area contributed by atoms with Crippen molar-refractivity contribution in [3.8, 4) is 5.75 Å². The predicted molar refractivity (Wildman–Crippen MR) is 113 cm³/mol. The number of methoxy groups -OCH3 is 1. The molecule has 1 amide bonds. The minimum absolute atomic E-state index is 0.0647. The molecule has 30 heavy (non-hydrogen) atoms. The molecule has 3 rings (SSSR count). The second-order valence-electron chi connectivity index (χ2n) is 7.86. The van der Waals surface area contributed by atoms with Gasteiger partial charge in [-0.25, -0.2) is 0 Å². The van der Waals surface area contributed by atoms with Crippen molar-refractivity contribution in [3.05, 3.63) is 47.6 Å². The number of carbonyl (C=O) groups is 1. The van der Waals surface area contributed by atoms with Crippen molar-refractivity contribution in [2.75, 3.05) is 33.5 Å². The Labute approximate surface area is 179 Å². The van der Waals surface area contributed by atoms with Crippen LogP contribution >= 0.6 is 11.8 Å². The van der Waals surface area contributed by atoms with Crippen molar-refractivity contribution in [1.82, 2.24) is 10.2 Å². The minimum Gasteiger partial charge on any atom is -0.496 e. The van der Waals surface area contributed by atoms with Gasteiger partial charge < -0.3 is 15.0 Å². The molecule has 4 nitrogen and oxygen atoms in total. The first kappa shape index (κ1) is 22.7. The van der Waals surface area contributed by atoms with Crippen LogP contribution in [-0.2, 0) is 6.18 Å². The summed E-state index contributed by atoms with van der Waals surface area (Å²) in [6.07, 6.45) is 7.87. The maximum absolute atomic E-state index is 13.4. The third-order valence-electron chi connectivity index (χ3n) is 5.83. The van der Waals surface area contributed by atoms with E-state index in [0.717, 1.165) is 49.7 Å². The molecule has 0 saturated carbocycles. The fraction of sp³-hybridized carbons (Fsp3) is 0.500. The van der Waals surface area contributed by atoms with E-state index in [1.165, 1.54) is 7.11 Å². The molecule has 164 valence electrons. The van der Waals surface area contributed by atoms with E-state index in [-0.39, 0.29) is 22.1 Å². The Hall–Kier alpha value is -1.93. The SMILES string of the molecule is COc1cc(C(F)(F)F)cc(SC)c1C(=O)NC1(C2C=CC=CC2)CCCN(C)C1. The number of hydrogen-bond acceptors (Lipinski definition) is 4. The smallest absolute Gasteiger partial charge is 0.416 e. The van der Waals surface area contributed by atoms with Gasteiger partial charge in [0.1, 0.15) is 5.75 Å². The van der Waals surface area contributed by atoms with Crippen molar-refractivity contribution in [2.45, 2.75) is 35.9 Å². The summed E-state index contributed by atoms with van der Waals surface area (Å²) in [7, 11) is 3.31. The third-order valence-corrected chi connectivity index (χ3v) is 6.59. The first-order chi connectivity index (χ1) is 14.2. The van der Waals surface area contributed by atoms with Crippen LogP contribution in [0, 0.1) is 5.92 Å². The average Bonchev–Trinajstić information content (AvgIpc) is 2.72. The second kappa shape index (κ2) is 9.06. The zero-order valence-corrected chi connectivity index (χ0v) is 18.2. The number of nitrogens with one attached hydrogen (secondary N) is 1. The van der Waals surface area contributed by atoms with Gasteiger partial charge in [-0.15, -0.1) is 11.8 Å². The van der Waals surface area contributed by atoms with Gasteiger partial charge in [0.05, 0.1) is 23.8 Å². The van der Waals surface area contributed by atoms with Gasteiger partial charge in [-0.1, -0.05) is 24.3 Å². The lowest BCUT2D eigenvalue weighted by molar-refractivity contribution is -0.137. The van der Waals surface area contributed by atoms with Gasteiger partial charge in [0.25, 0.3) is 5.91 Å². The molecule has 1 aromatic carbocycles. The Morgan fingerprint density at radius 3 is 2.67 bits per heavy atom. The molecular formula is C22H27F3N2O2S. The maximum atomic E-state index is 13.4. The van der Waals surface area contributed by atoms with Crippen molar-refractivity contribution in [2.24, 2.45) is 5.92 Å². The number of ether oxygens (including phenoxy) is 1. The number of carbonyl (C=O) groups excluding carboxylic acids is 1. The summed E-state index contributed by atoms with van der Waals surface area (Å²) in [5, 5.41) is 3.22. The average molecular weight is 441 g/mol. The molecule has 0 spiro atoms. The Bertz CT molecular complexity index is 828. The number of benzene rings is 1. The van der Waals surface area contributed by atoms with Crippen LogP contribution in [0.25, 0.3) is 0 Å². The standard InChI is InChI=1S/C22H27F3N2O2S/c1-27-11-7-10-21(14-27,15-8-5-4-6-9-15)26-20(28)19-17(29-2)12-16(22(23,24)25)13-18(19)30-3/h4-6,8,12-13,15H,7,9-11,14H2,1-3H3,(H,26,28). The highest BCUT2D eigenvalue weighted by atomic mass is 32.2. The number of likely N-dealkylation sites (tertiary alicyclic amines) is 1. The maximum Gasteiger partial charge on any atom is 0.416 e. The van der Waals surface area contributed by atoms with Crippen molar-refractivity contribution in [3.63, 3.8) is 0 Å². The molecule has 1 aromatic rings. The number of hydrogen-bond donors (Lipinski definition) is 1. The molecule has 0 radical (unpaired) electrons. The molecule has 1 N–H and O–H groups in total. The topological polar surface area (TPSA) is 41.6 Å². The number of amides is 1. The van der Waals surface area contributed by atoms with E-state index in [4.69, 9.17) is 4.74 Å². The number of rotatable bonds is 5. The molecule has 1 heterocycles. The van der Waals surface area contributed by atoms with Crippen molar-refractivity contribution >= 4 is 17.7 Å². The molecule has 1 fully saturated rings. The van der Waals surface area contributed by atoms with Gasteiger partial charge in [-0.05, 0) is 51.2 Å². The summed E-state index contributed by atoms with van der Waals surface area (Å²) in [6, 6.07) is 1.92. The minimum atomic E-state index is -4.51. The van der Waals surface area contributed by atoms with E-state index in [9.17, 15) is 18.0 Å². The van der Waals surface area contributed by atoms with E-state index >= 15 is 0 Å². The molecule has 0 bridgehead atoms. The van der Waals surface area contributed by atoms with Crippen LogP contribution in [0.15, 0.2) is 41.3 Å². The predicted octanol–water partition coefficient (Wildman–Crippen LogP) is 4.76. The van der Waals surface area contributed by atoms with Gasteiger partial charge in [0.15, 0.2) is 0 Å². The molecule has 1 aliphatic carbocycles. The van der Waals surface area contributed by atoms with Gasteiger partial charge >= 0.3 is 6.18 Å². The first-order valence-corrected chi connectivity index (χ1v) is 11.1. The van der Waals surface area contributed by atoms with Crippen LogP contribution in [0.1, 0.15) is 35.2 Å². The van der Waals surface area contributed by atoms with E-state index in [1.807, 2.05) is 19.2 Å². The Kier molecular flexibility index (Phi) is 6.87.